The minimum Gasteiger partial charge on any atom is -0.465 e. The number of nitro benzene ring substituents is 1. The minimum absolute atomic E-state index is 0.0511. The van der Waals surface area contributed by atoms with E-state index in [0.29, 0.717) is 16.9 Å². The number of methoxy groups -OCH3 is 1. The maximum Gasteiger partial charge on any atom is 0.339 e. The summed E-state index contributed by atoms with van der Waals surface area (Å²) in [6, 6.07) is 27.2. The van der Waals surface area contributed by atoms with Gasteiger partial charge in [-0.1, -0.05) is 42.5 Å². The third-order valence-electron chi connectivity index (χ3n) is 6.05. The number of nitrogens with one attached hydrogen (secondary N) is 3. The topological polar surface area (TPSA) is 157 Å². The molecule has 4 rings (SSSR count). The van der Waals surface area contributed by atoms with Crippen molar-refractivity contribution in [3.05, 3.63) is 136 Å². The Balaban J connectivity index is 1.44. The number of carbonyl (C=O) groups excluding carboxylic acids is 4. The summed E-state index contributed by atoms with van der Waals surface area (Å²) < 4.78 is 4.75. The number of anilines is 2. The Hall–Kier alpha value is -5.75. The fourth-order valence-electron chi connectivity index (χ4n) is 3.92. The number of nitrogens with zero attached hydrogens (tertiary/aromatic N) is 1. The van der Waals surface area contributed by atoms with Crippen LogP contribution >= 0.6 is 11.8 Å². The number of ether oxygens (including phenoxy) is 1. The van der Waals surface area contributed by atoms with Crippen LogP contribution in [0.2, 0.25) is 0 Å². The molecule has 0 radical (unpaired) electrons. The molecule has 0 unspecified atom stereocenters. The van der Waals surface area contributed by atoms with Crippen molar-refractivity contribution in [2.24, 2.45) is 0 Å². The van der Waals surface area contributed by atoms with Crippen molar-refractivity contribution in [2.75, 3.05) is 23.5 Å². The molecule has 0 spiro atoms. The summed E-state index contributed by atoms with van der Waals surface area (Å²) in [6.45, 7) is 0. The van der Waals surface area contributed by atoms with Crippen LogP contribution in [0.5, 0.6) is 0 Å². The van der Waals surface area contributed by atoms with Gasteiger partial charge in [-0.15, -0.1) is 11.8 Å². The molecule has 44 heavy (non-hydrogen) atoms. The van der Waals surface area contributed by atoms with E-state index in [1.54, 1.807) is 84.9 Å². The van der Waals surface area contributed by atoms with E-state index in [-0.39, 0.29) is 34.2 Å². The number of amides is 3. The van der Waals surface area contributed by atoms with Crippen LogP contribution < -0.4 is 16.0 Å². The monoisotopic (exact) mass is 610 g/mol. The quantitative estimate of drug-likeness (QED) is 0.0659. The summed E-state index contributed by atoms with van der Waals surface area (Å²) >= 11 is 1.24. The van der Waals surface area contributed by atoms with Gasteiger partial charge in [0.15, 0.2) is 0 Å². The van der Waals surface area contributed by atoms with Crippen LogP contribution in [-0.2, 0) is 14.3 Å². The molecule has 0 aliphatic carbocycles. The smallest absolute Gasteiger partial charge is 0.339 e. The Labute approximate surface area is 256 Å². The fourth-order valence-corrected chi connectivity index (χ4v) is 4.62. The Morgan fingerprint density at radius 2 is 1.50 bits per heavy atom. The van der Waals surface area contributed by atoms with Crippen molar-refractivity contribution in [2.45, 2.75) is 4.90 Å². The first kappa shape index (κ1) is 31.2. The van der Waals surface area contributed by atoms with Crippen molar-refractivity contribution in [1.29, 1.82) is 0 Å². The molecule has 0 aromatic heterocycles. The number of esters is 1. The molecule has 0 heterocycles. The second-order valence-corrected chi connectivity index (χ2v) is 10.1. The Morgan fingerprint density at radius 3 is 2.20 bits per heavy atom. The Morgan fingerprint density at radius 1 is 0.841 bits per heavy atom. The third kappa shape index (κ3) is 8.39. The molecule has 222 valence electrons. The van der Waals surface area contributed by atoms with Gasteiger partial charge in [0.05, 0.1) is 34.6 Å². The van der Waals surface area contributed by atoms with Crippen molar-refractivity contribution in [1.82, 2.24) is 5.32 Å². The molecule has 4 aromatic carbocycles. The highest BCUT2D eigenvalue weighted by Gasteiger charge is 2.19. The summed E-state index contributed by atoms with van der Waals surface area (Å²) in [6.07, 6.45) is 1.25. The lowest BCUT2D eigenvalue weighted by atomic mass is 10.1. The molecule has 3 N–H and O–H groups in total. The number of hydrogen-bond acceptors (Lipinski definition) is 8. The molecule has 0 saturated heterocycles. The number of hydrogen-bond donors (Lipinski definition) is 3. The van der Waals surface area contributed by atoms with Crippen molar-refractivity contribution >= 4 is 58.6 Å². The van der Waals surface area contributed by atoms with Crippen molar-refractivity contribution in [3.63, 3.8) is 0 Å². The molecule has 11 nitrogen and oxygen atoms in total. The van der Waals surface area contributed by atoms with E-state index >= 15 is 0 Å². The predicted octanol–water partition coefficient (Wildman–Crippen LogP) is 5.52. The minimum atomic E-state index is -0.698. The van der Waals surface area contributed by atoms with Gasteiger partial charge in [-0.05, 0) is 60.7 Å². The average Bonchev–Trinajstić information content (AvgIpc) is 3.04. The zero-order valence-corrected chi connectivity index (χ0v) is 24.1. The van der Waals surface area contributed by atoms with E-state index in [9.17, 15) is 29.3 Å². The van der Waals surface area contributed by atoms with E-state index < -0.39 is 22.7 Å². The molecule has 3 amide bonds. The van der Waals surface area contributed by atoms with Crippen LogP contribution in [0.3, 0.4) is 0 Å². The van der Waals surface area contributed by atoms with Gasteiger partial charge in [0.2, 0.25) is 5.91 Å². The largest absolute Gasteiger partial charge is 0.465 e. The highest BCUT2D eigenvalue weighted by Crippen LogP contribution is 2.24. The van der Waals surface area contributed by atoms with Gasteiger partial charge >= 0.3 is 5.97 Å². The van der Waals surface area contributed by atoms with Crippen LogP contribution in [0.15, 0.2) is 114 Å². The number of para-hydroxylation sites is 2. The van der Waals surface area contributed by atoms with Crippen LogP contribution in [0.4, 0.5) is 17.1 Å². The standard InChI is InChI=1S/C32H26N4O7S/c1-43-32(40)25-12-6-7-13-26(25)34-29(37)20-44-24-17-15-23(16-18-24)33-31(39)27(35-30(38)21-9-3-2-4-10-21)19-22-11-5-8-14-28(22)36(41)42/h2-19H,20H2,1H3,(H,33,39)(H,34,37)(H,35,38)/b27-19-. The number of thioether (sulfide) groups is 1. The van der Waals surface area contributed by atoms with Gasteiger partial charge in [0.25, 0.3) is 17.5 Å². The Kier molecular flexibility index (Phi) is 10.6. The number of carbonyl (C=O) groups is 4. The molecule has 0 fully saturated rings. The first-order valence-corrected chi connectivity index (χ1v) is 14.1. The number of nitro groups is 1. The second kappa shape index (κ2) is 14.9. The third-order valence-corrected chi connectivity index (χ3v) is 7.06. The van der Waals surface area contributed by atoms with Crippen LogP contribution in [0, 0.1) is 10.1 Å². The lowest BCUT2D eigenvalue weighted by molar-refractivity contribution is -0.385. The number of rotatable bonds is 11. The number of benzene rings is 4. The highest BCUT2D eigenvalue weighted by molar-refractivity contribution is 8.00. The zero-order chi connectivity index (χ0) is 31.5. The lowest BCUT2D eigenvalue weighted by Crippen LogP contribution is -2.30. The van der Waals surface area contributed by atoms with Gasteiger partial charge < -0.3 is 20.7 Å². The fraction of sp³-hybridized carbons (Fsp3) is 0.0625. The van der Waals surface area contributed by atoms with Gasteiger partial charge in [-0.2, -0.15) is 0 Å². The molecular weight excluding hydrogens is 584 g/mol. The highest BCUT2D eigenvalue weighted by atomic mass is 32.2. The first-order valence-electron chi connectivity index (χ1n) is 13.1. The van der Waals surface area contributed by atoms with E-state index in [2.05, 4.69) is 16.0 Å². The van der Waals surface area contributed by atoms with E-state index in [4.69, 9.17) is 4.74 Å². The molecule has 4 aromatic rings. The van der Waals surface area contributed by atoms with Gasteiger partial charge in [0, 0.05) is 22.2 Å². The zero-order valence-electron chi connectivity index (χ0n) is 23.3. The second-order valence-electron chi connectivity index (χ2n) is 9.05. The summed E-state index contributed by atoms with van der Waals surface area (Å²) in [7, 11) is 1.26. The van der Waals surface area contributed by atoms with Crippen LogP contribution in [0.1, 0.15) is 26.3 Å². The van der Waals surface area contributed by atoms with Crippen molar-refractivity contribution < 1.29 is 28.8 Å². The maximum atomic E-state index is 13.3. The average molecular weight is 611 g/mol. The van der Waals surface area contributed by atoms with E-state index in [0.717, 1.165) is 4.90 Å². The molecule has 0 saturated carbocycles. The van der Waals surface area contributed by atoms with Gasteiger partial charge in [-0.25, -0.2) is 4.79 Å². The molecule has 0 aliphatic heterocycles. The molecule has 0 aliphatic rings. The molecule has 0 atom stereocenters. The van der Waals surface area contributed by atoms with E-state index in [1.807, 2.05) is 0 Å². The molecule has 0 bridgehead atoms. The summed E-state index contributed by atoms with van der Waals surface area (Å²) in [5, 5.41) is 19.5. The summed E-state index contributed by atoms with van der Waals surface area (Å²) in [5.74, 6) is -2.11. The predicted molar refractivity (Wildman–Crippen MR) is 167 cm³/mol. The molecular formula is C32H26N4O7S. The maximum absolute atomic E-state index is 13.3. The normalized spacial score (nSPS) is 10.8. The SMILES string of the molecule is COC(=O)c1ccccc1NC(=O)CSc1ccc(NC(=O)/C(=C/c2ccccc2[N+](=O)[O-])NC(=O)c2ccccc2)cc1. The lowest BCUT2D eigenvalue weighted by Gasteiger charge is -2.12. The van der Waals surface area contributed by atoms with E-state index in [1.165, 1.54) is 43.1 Å². The Bertz CT molecular complexity index is 1720. The summed E-state index contributed by atoms with van der Waals surface area (Å²) in [5.41, 5.74) is 0.971. The molecule has 12 heteroatoms. The van der Waals surface area contributed by atoms with Crippen molar-refractivity contribution in [3.8, 4) is 0 Å². The van der Waals surface area contributed by atoms with Gasteiger partial charge in [-0.3, -0.25) is 24.5 Å². The van der Waals surface area contributed by atoms with Crippen LogP contribution in [0.25, 0.3) is 6.08 Å². The van der Waals surface area contributed by atoms with Gasteiger partial charge in [0.1, 0.15) is 5.70 Å². The van der Waals surface area contributed by atoms with Crippen LogP contribution in [-0.4, -0.2) is 41.5 Å². The summed E-state index contributed by atoms with van der Waals surface area (Å²) in [4.78, 5) is 62.3. The first-order chi connectivity index (χ1) is 21.2.